The van der Waals surface area contributed by atoms with Crippen molar-refractivity contribution in [1.29, 1.82) is 0 Å². The first kappa shape index (κ1) is 13.5. The van der Waals surface area contributed by atoms with Crippen LogP contribution in [0.3, 0.4) is 0 Å². The number of imidazole rings is 1. The molecule has 0 amide bonds. The van der Waals surface area contributed by atoms with Gasteiger partial charge in [0.05, 0.1) is 6.04 Å². The van der Waals surface area contributed by atoms with Gasteiger partial charge in [-0.05, 0) is 46.7 Å². The first-order valence-electron chi connectivity index (χ1n) is 5.85. The second-order valence-electron chi connectivity index (χ2n) is 4.12. The van der Waals surface area contributed by atoms with E-state index in [0.29, 0.717) is 0 Å². The molecule has 0 aliphatic heterocycles. The highest BCUT2D eigenvalue weighted by Gasteiger charge is 2.17. The van der Waals surface area contributed by atoms with Crippen LogP contribution in [0.5, 0.6) is 0 Å². The minimum Gasteiger partial charge on any atom is -0.333 e. The molecule has 2 N–H and O–H groups in total. The average Bonchev–Trinajstić information content (AvgIpc) is 2.77. The molecule has 0 spiro atoms. The molecule has 1 aromatic carbocycles. The third-order valence-corrected chi connectivity index (χ3v) is 3.72. The summed E-state index contributed by atoms with van der Waals surface area (Å²) in [7, 11) is 0. The van der Waals surface area contributed by atoms with Gasteiger partial charge in [-0.3, -0.25) is 0 Å². The SMILES string of the molecule is CCCn1ccnc1C(N)c1ccc(F)cc1I. The number of benzene rings is 1. The average molecular weight is 359 g/mol. The van der Waals surface area contributed by atoms with Crippen molar-refractivity contribution in [1.82, 2.24) is 9.55 Å². The maximum absolute atomic E-state index is 13.1. The lowest BCUT2D eigenvalue weighted by atomic mass is 10.1. The molecule has 0 radical (unpaired) electrons. The van der Waals surface area contributed by atoms with Crippen molar-refractivity contribution < 1.29 is 4.39 Å². The van der Waals surface area contributed by atoms with E-state index in [-0.39, 0.29) is 11.9 Å². The molecule has 0 saturated carbocycles. The Bertz CT molecular complexity index is 539. The number of rotatable bonds is 4. The number of aromatic nitrogens is 2. The van der Waals surface area contributed by atoms with Gasteiger partial charge in [0.1, 0.15) is 11.6 Å². The molecule has 1 heterocycles. The predicted molar refractivity (Wildman–Crippen MR) is 77.7 cm³/mol. The zero-order chi connectivity index (χ0) is 13.1. The van der Waals surface area contributed by atoms with Crippen molar-refractivity contribution in [2.75, 3.05) is 0 Å². The van der Waals surface area contributed by atoms with Crippen LogP contribution in [-0.2, 0) is 6.54 Å². The first-order chi connectivity index (χ1) is 8.63. The van der Waals surface area contributed by atoms with Gasteiger partial charge in [-0.1, -0.05) is 13.0 Å². The third-order valence-electron chi connectivity index (χ3n) is 2.79. The molecule has 1 atom stereocenters. The molecular formula is C13H15FIN3. The number of nitrogens with two attached hydrogens (primary N) is 1. The van der Waals surface area contributed by atoms with Gasteiger partial charge < -0.3 is 10.3 Å². The van der Waals surface area contributed by atoms with Crippen molar-refractivity contribution >= 4 is 22.6 Å². The lowest BCUT2D eigenvalue weighted by molar-refractivity contribution is 0.606. The summed E-state index contributed by atoms with van der Waals surface area (Å²) in [6.07, 6.45) is 4.70. The van der Waals surface area contributed by atoms with Gasteiger partial charge in [0.2, 0.25) is 0 Å². The molecular weight excluding hydrogens is 344 g/mol. The molecule has 0 aliphatic carbocycles. The Morgan fingerprint density at radius 1 is 1.50 bits per heavy atom. The van der Waals surface area contributed by atoms with Crippen LogP contribution < -0.4 is 5.73 Å². The van der Waals surface area contributed by atoms with Crippen LogP contribution >= 0.6 is 22.6 Å². The minimum absolute atomic E-state index is 0.243. The Labute approximate surface area is 119 Å². The van der Waals surface area contributed by atoms with Gasteiger partial charge in [0.25, 0.3) is 0 Å². The lowest BCUT2D eigenvalue weighted by Crippen LogP contribution is -2.19. The molecule has 0 saturated heterocycles. The van der Waals surface area contributed by atoms with Gasteiger partial charge in [0, 0.05) is 22.5 Å². The van der Waals surface area contributed by atoms with Crippen LogP contribution in [0.4, 0.5) is 4.39 Å². The van der Waals surface area contributed by atoms with Crippen molar-refractivity contribution in [2.45, 2.75) is 25.9 Å². The maximum Gasteiger partial charge on any atom is 0.130 e. The number of nitrogens with zero attached hydrogens (tertiary/aromatic N) is 2. The van der Waals surface area contributed by atoms with E-state index in [1.54, 1.807) is 12.3 Å². The topological polar surface area (TPSA) is 43.8 Å². The summed E-state index contributed by atoms with van der Waals surface area (Å²) < 4.78 is 16.0. The summed E-state index contributed by atoms with van der Waals surface area (Å²) in [5.41, 5.74) is 7.14. The molecule has 2 aromatic rings. The highest BCUT2D eigenvalue weighted by molar-refractivity contribution is 14.1. The van der Waals surface area contributed by atoms with Crippen LogP contribution in [0.25, 0.3) is 0 Å². The van der Waals surface area contributed by atoms with E-state index in [9.17, 15) is 4.39 Å². The second kappa shape index (κ2) is 5.79. The largest absolute Gasteiger partial charge is 0.333 e. The summed E-state index contributed by atoms with van der Waals surface area (Å²) in [6, 6.07) is 4.33. The molecule has 18 heavy (non-hydrogen) atoms. The second-order valence-corrected chi connectivity index (χ2v) is 5.28. The summed E-state index contributed by atoms with van der Waals surface area (Å²) in [4.78, 5) is 4.32. The van der Waals surface area contributed by atoms with E-state index in [0.717, 1.165) is 27.9 Å². The zero-order valence-electron chi connectivity index (χ0n) is 10.1. The molecule has 2 rings (SSSR count). The monoisotopic (exact) mass is 359 g/mol. The Morgan fingerprint density at radius 3 is 2.94 bits per heavy atom. The van der Waals surface area contributed by atoms with Crippen molar-refractivity contribution in [2.24, 2.45) is 5.73 Å². The minimum atomic E-state index is -0.320. The fraction of sp³-hybridized carbons (Fsp3) is 0.308. The van der Waals surface area contributed by atoms with Gasteiger partial charge in [0.15, 0.2) is 0 Å². The molecule has 0 bridgehead atoms. The highest BCUT2D eigenvalue weighted by atomic mass is 127. The zero-order valence-corrected chi connectivity index (χ0v) is 12.3. The summed E-state index contributed by atoms with van der Waals surface area (Å²) in [6.45, 7) is 3.00. The van der Waals surface area contributed by atoms with E-state index >= 15 is 0 Å². The molecule has 0 fully saturated rings. The lowest BCUT2D eigenvalue weighted by Gasteiger charge is -2.15. The fourth-order valence-electron chi connectivity index (χ4n) is 1.92. The van der Waals surface area contributed by atoms with E-state index in [4.69, 9.17) is 5.73 Å². The Hall–Kier alpha value is -0.950. The Kier molecular flexibility index (Phi) is 4.34. The number of aryl methyl sites for hydroxylation is 1. The smallest absolute Gasteiger partial charge is 0.130 e. The Balaban J connectivity index is 2.35. The normalized spacial score (nSPS) is 12.7. The van der Waals surface area contributed by atoms with Crippen LogP contribution in [0.2, 0.25) is 0 Å². The highest BCUT2D eigenvalue weighted by Crippen LogP contribution is 2.24. The molecule has 1 aromatic heterocycles. The molecule has 3 nitrogen and oxygen atoms in total. The predicted octanol–water partition coefficient (Wildman–Crippen LogP) is 3.08. The van der Waals surface area contributed by atoms with Crippen LogP contribution in [0, 0.1) is 9.39 Å². The number of halogens is 2. The number of hydrogen-bond donors (Lipinski definition) is 1. The van der Waals surface area contributed by atoms with Crippen LogP contribution in [0.1, 0.15) is 30.8 Å². The third kappa shape index (κ3) is 2.72. The molecule has 96 valence electrons. The van der Waals surface area contributed by atoms with Crippen LogP contribution in [0.15, 0.2) is 30.6 Å². The van der Waals surface area contributed by atoms with E-state index in [2.05, 4.69) is 34.5 Å². The molecule has 0 aliphatic rings. The van der Waals surface area contributed by atoms with Crippen molar-refractivity contribution in [3.05, 3.63) is 51.4 Å². The van der Waals surface area contributed by atoms with Crippen molar-refractivity contribution in [3.63, 3.8) is 0 Å². The van der Waals surface area contributed by atoms with Crippen LogP contribution in [-0.4, -0.2) is 9.55 Å². The van der Waals surface area contributed by atoms with E-state index < -0.39 is 0 Å². The summed E-state index contributed by atoms with van der Waals surface area (Å²) in [5.74, 6) is 0.577. The van der Waals surface area contributed by atoms with Gasteiger partial charge in [-0.15, -0.1) is 0 Å². The molecule has 1 unspecified atom stereocenters. The standard InChI is InChI=1S/C13H15FIN3/c1-2-6-18-7-5-17-13(18)12(16)10-4-3-9(14)8-11(10)15/h3-5,7-8,12H,2,6,16H2,1H3. The Morgan fingerprint density at radius 2 is 2.28 bits per heavy atom. The van der Waals surface area contributed by atoms with E-state index in [1.165, 1.54) is 12.1 Å². The maximum atomic E-state index is 13.1. The quantitative estimate of drug-likeness (QED) is 0.853. The van der Waals surface area contributed by atoms with Gasteiger partial charge >= 0.3 is 0 Å². The first-order valence-corrected chi connectivity index (χ1v) is 6.93. The van der Waals surface area contributed by atoms with E-state index in [1.807, 2.05) is 10.8 Å². The van der Waals surface area contributed by atoms with Gasteiger partial charge in [-0.2, -0.15) is 0 Å². The summed E-state index contributed by atoms with van der Waals surface area (Å²) in [5, 5.41) is 0. The van der Waals surface area contributed by atoms with Gasteiger partial charge in [-0.25, -0.2) is 9.37 Å². The molecule has 5 heteroatoms. The van der Waals surface area contributed by atoms with Crippen molar-refractivity contribution in [3.8, 4) is 0 Å². The number of hydrogen-bond acceptors (Lipinski definition) is 2. The fourth-order valence-corrected chi connectivity index (χ4v) is 2.74. The summed E-state index contributed by atoms with van der Waals surface area (Å²) >= 11 is 2.10.